The van der Waals surface area contributed by atoms with Crippen molar-refractivity contribution < 1.29 is 14.3 Å². The van der Waals surface area contributed by atoms with Crippen molar-refractivity contribution in [3.8, 4) is 11.3 Å². The van der Waals surface area contributed by atoms with Gasteiger partial charge in [-0.25, -0.2) is 9.89 Å². The number of rotatable bonds is 5. The third kappa shape index (κ3) is 3.86. The van der Waals surface area contributed by atoms with E-state index in [0.29, 0.717) is 19.6 Å². The Balaban J connectivity index is 1.54. The van der Waals surface area contributed by atoms with Gasteiger partial charge in [-0.3, -0.25) is 14.4 Å². The van der Waals surface area contributed by atoms with Gasteiger partial charge in [0.25, 0.3) is 11.1 Å². The number of fused-ring (bicyclic) bond motifs is 5. The zero-order chi connectivity index (χ0) is 24.9. The van der Waals surface area contributed by atoms with Gasteiger partial charge in [-0.2, -0.15) is 5.10 Å². The number of H-pyrrole nitrogens is 1. The van der Waals surface area contributed by atoms with Crippen LogP contribution in [0.25, 0.3) is 11.3 Å². The van der Waals surface area contributed by atoms with Gasteiger partial charge >= 0.3 is 5.97 Å². The Morgan fingerprint density at radius 2 is 2.00 bits per heavy atom. The number of hydrogen-bond acceptors (Lipinski definition) is 6. The Kier molecular flexibility index (Phi) is 5.82. The van der Waals surface area contributed by atoms with E-state index in [1.807, 2.05) is 29.4 Å². The number of esters is 1. The van der Waals surface area contributed by atoms with E-state index < -0.39 is 17.6 Å². The Bertz CT molecular complexity index is 1370. The molecule has 1 N–H and O–H groups in total. The molecule has 1 saturated heterocycles. The Morgan fingerprint density at radius 3 is 2.74 bits per heavy atom. The molecule has 5 rings (SSSR count). The van der Waals surface area contributed by atoms with Gasteiger partial charge in [0.1, 0.15) is 17.3 Å². The molecule has 184 valence electrons. The minimum atomic E-state index is -0.624. The number of aromatic nitrogens is 4. The maximum Gasteiger partial charge on any atom is 0.341 e. The number of carbonyl (C=O) groups excluding carboxylic acids is 2. The number of carbonyl (C=O) groups is 2. The lowest BCUT2D eigenvalue weighted by Gasteiger charge is -2.44. The number of aromatic amines is 1. The fraction of sp³-hybridized carbons (Fsp3) is 0.480. The monoisotopic (exact) mass is 479 g/mol. The average molecular weight is 480 g/mol. The van der Waals surface area contributed by atoms with Crippen LogP contribution in [0.1, 0.15) is 54.7 Å². The normalized spacial score (nSPS) is 20.8. The second-order valence-electron chi connectivity index (χ2n) is 9.70. The number of pyridine rings is 2. The highest BCUT2D eigenvalue weighted by atomic mass is 16.5. The molecular formula is C25H29N5O5. The molecule has 1 aromatic heterocycles. The van der Waals surface area contributed by atoms with Gasteiger partial charge in [-0.15, -0.1) is 0 Å². The quantitative estimate of drug-likeness (QED) is 0.558. The standard InChI is InChI=1S/C25H29N5O5/c1-4-14(2)22(28-12-17-21(26-27-23(17)32)18(13-28)25(34)35-3)24(33)29-9-15-8-16(11-29)19-6-5-7-20(31)30(19)10-15/h5-7,12-16,22H,4,8-11H2,1-3H3,(H,27,32)/t14-,15-,16+,22-/m1/s1. The lowest BCUT2D eigenvalue weighted by molar-refractivity contribution is -0.139. The predicted octanol–water partition coefficient (Wildman–Crippen LogP) is 1.86. The summed E-state index contributed by atoms with van der Waals surface area (Å²) in [5.74, 6) is -0.451. The Morgan fingerprint density at radius 1 is 1.20 bits per heavy atom. The third-order valence-corrected chi connectivity index (χ3v) is 7.53. The maximum absolute atomic E-state index is 14.0. The summed E-state index contributed by atoms with van der Waals surface area (Å²) in [7, 11) is 1.27. The van der Waals surface area contributed by atoms with Gasteiger partial charge in [0.2, 0.25) is 5.91 Å². The number of likely N-dealkylation sites (tertiary alicyclic amines) is 1. The molecular weight excluding hydrogens is 450 g/mol. The fourth-order valence-corrected chi connectivity index (χ4v) is 5.63. The van der Waals surface area contributed by atoms with Crippen molar-refractivity contribution in [3.63, 3.8) is 0 Å². The van der Waals surface area contributed by atoms with Crippen molar-refractivity contribution >= 4 is 11.9 Å². The first-order chi connectivity index (χ1) is 16.8. The zero-order valence-corrected chi connectivity index (χ0v) is 20.1. The van der Waals surface area contributed by atoms with Crippen LogP contribution in [0.15, 0.2) is 40.2 Å². The van der Waals surface area contributed by atoms with E-state index in [4.69, 9.17) is 4.74 Å². The van der Waals surface area contributed by atoms with Gasteiger partial charge in [0, 0.05) is 49.7 Å². The van der Waals surface area contributed by atoms with E-state index in [-0.39, 0.29) is 46.0 Å². The molecule has 1 fully saturated rings. The summed E-state index contributed by atoms with van der Waals surface area (Å²) >= 11 is 0. The maximum atomic E-state index is 14.0. The van der Waals surface area contributed by atoms with Crippen molar-refractivity contribution in [2.75, 3.05) is 20.2 Å². The van der Waals surface area contributed by atoms with Gasteiger partial charge in [-0.1, -0.05) is 26.3 Å². The summed E-state index contributed by atoms with van der Waals surface area (Å²) in [6.45, 7) is 5.69. The van der Waals surface area contributed by atoms with E-state index in [0.717, 1.165) is 18.5 Å². The first kappa shape index (κ1) is 23.1. The second kappa shape index (κ2) is 8.83. The van der Waals surface area contributed by atoms with Crippen LogP contribution in [-0.4, -0.2) is 56.3 Å². The minimum absolute atomic E-state index is 0.00202. The van der Waals surface area contributed by atoms with Crippen LogP contribution in [0.4, 0.5) is 0 Å². The van der Waals surface area contributed by atoms with Crippen LogP contribution in [0, 0.1) is 11.8 Å². The molecule has 1 aromatic rings. The van der Waals surface area contributed by atoms with Crippen LogP contribution in [0.3, 0.4) is 0 Å². The predicted molar refractivity (Wildman–Crippen MR) is 127 cm³/mol. The largest absolute Gasteiger partial charge is 0.465 e. The number of hydrogen-bond donors (Lipinski definition) is 1. The molecule has 0 aliphatic carbocycles. The summed E-state index contributed by atoms with van der Waals surface area (Å²) < 4.78 is 8.43. The molecule has 0 saturated carbocycles. The van der Waals surface area contributed by atoms with Gasteiger partial charge < -0.3 is 18.8 Å². The number of nitrogens with zero attached hydrogens (tertiary/aromatic N) is 4. The number of amides is 1. The average Bonchev–Trinajstić information content (AvgIpc) is 3.24. The molecule has 5 heterocycles. The lowest BCUT2D eigenvalue weighted by Crippen LogP contribution is -2.51. The summed E-state index contributed by atoms with van der Waals surface area (Å²) in [4.78, 5) is 53.2. The Labute approximate surface area is 201 Å². The van der Waals surface area contributed by atoms with Crippen molar-refractivity contribution in [1.29, 1.82) is 0 Å². The molecule has 10 heteroatoms. The molecule has 2 bridgehead atoms. The number of methoxy groups -OCH3 is 1. The van der Waals surface area contributed by atoms with Crippen molar-refractivity contribution in [2.24, 2.45) is 11.8 Å². The molecule has 0 spiro atoms. The minimum Gasteiger partial charge on any atom is -0.465 e. The smallest absolute Gasteiger partial charge is 0.341 e. The third-order valence-electron chi connectivity index (χ3n) is 7.53. The molecule has 0 unspecified atom stereocenters. The molecule has 4 aliphatic rings. The summed E-state index contributed by atoms with van der Waals surface area (Å²) in [6.07, 6.45) is 4.83. The van der Waals surface area contributed by atoms with E-state index in [9.17, 15) is 19.2 Å². The highest BCUT2D eigenvalue weighted by molar-refractivity contribution is 5.96. The van der Waals surface area contributed by atoms with Crippen LogP contribution in [0.2, 0.25) is 0 Å². The van der Waals surface area contributed by atoms with E-state index in [1.54, 1.807) is 29.1 Å². The van der Waals surface area contributed by atoms with Gasteiger partial charge in [0.15, 0.2) is 0 Å². The molecule has 0 aromatic carbocycles. The number of piperidine rings is 1. The van der Waals surface area contributed by atoms with Crippen molar-refractivity contribution in [1.82, 2.24) is 24.2 Å². The molecule has 1 amide bonds. The molecule has 35 heavy (non-hydrogen) atoms. The first-order valence-corrected chi connectivity index (χ1v) is 12.0. The fourth-order valence-electron chi connectivity index (χ4n) is 5.63. The van der Waals surface area contributed by atoms with Crippen molar-refractivity contribution in [2.45, 2.75) is 45.2 Å². The second-order valence-corrected chi connectivity index (χ2v) is 9.70. The highest BCUT2D eigenvalue weighted by Gasteiger charge is 2.40. The van der Waals surface area contributed by atoms with Crippen molar-refractivity contribution in [3.05, 3.63) is 62.6 Å². The van der Waals surface area contributed by atoms with Crippen LogP contribution in [-0.2, 0) is 16.1 Å². The molecule has 0 radical (unpaired) electrons. The highest BCUT2D eigenvalue weighted by Crippen LogP contribution is 2.37. The SMILES string of the molecule is CC[C@@H](C)[C@H](C(=O)N1C[C@H]2C[C@@H](C1)c1cccc(=O)n1C2)n1cc(C(=O)OC)c2n[nH]c(=O)c-2c1. The van der Waals surface area contributed by atoms with Crippen LogP contribution >= 0.6 is 0 Å². The van der Waals surface area contributed by atoms with E-state index >= 15 is 0 Å². The summed E-state index contributed by atoms with van der Waals surface area (Å²) in [6, 6.07) is 4.72. The Hall–Kier alpha value is -3.69. The number of ether oxygens (including phenoxy) is 1. The van der Waals surface area contributed by atoms with E-state index in [1.165, 1.54) is 7.11 Å². The molecule has 4 atom stereocenters. The topological polar surface area (TPSA) is 119 Å². The van der Waals surface area contributed by atoms with E-state index in [2.05, 4.69) is 10.2 Å². The molecule has 4 aliphatic heterocycles. The van der Waals surface area contributed by atoms with Gasteiger partial charge in [0.05, 0.1) is 12.7 Å². The summed E-state index contributed by atoms with van der Waals surface area (Å²) in [5, 5.41) is 6.37. The van der Waals surface area contributed by atoms with Gasteiger partial charge in [-0.05, 0) is 24.3 Å². The summed E-state index contributed by atoms with van der Waals surface area (Å²) in [5.41, 5.74) is 1.14. The number of nitrogens with one attached hydrogen (secondary N) is 1. The van der Waals surface area contributed by atoms with Crippen LogP contribution < -0.4 is 11.1 Å². The zero-order valence-electron chi connectivity index (χ0n) is 20.1. The van der Waals surface area contributed by atoms with Crippen LogP contribution in [0.5, 0.6) is 0 Å². The lowest BCUT2D eigenvalue weighted by atomic mass is 9.82. The molecule has 10 nitrogen and oxygen atoms in total. The first-order valence-electron chi connectivity index (χ1n) is 12.0.